The fourth-order valence-electron chi connectivity index (χ4n) is 1.75. The van der Waals surface area contributed by atoms with Crippen LogP contribution in [0.4, 0.5) is 5.69 Å². The number of benzene rings is 1. The van der Waals surface area contributed by atoms with Crippen LogP contribution in [-0.2, 0) is 0 Å². The first-order valence-corrected chi connectivity index (χ1v) is 5.98. The van der Waals surface area contributed by atoms with Crippen LogP contribution in [0.5, 0.6) is 11.5 Å². The molecule has 1 saturated heterocycles. The van der Waals surface area contributed by atoms with Crippen molar-refractivity contribution in [1.29, 1.82) is 0 Å². The summed E-state index contributed by atoms with van der Waals surface area (Å²) in [5.74, 6) is 2.08. The van der Waals surface area contributed by atoms with Gasteiger partial charge in [-0.25, -0.2) is 0 Å². The van der Waals surface area contributed by atoms with E-state index in [0.29, 0.717) is 16.7 Å². The zero-order valence-corrected chi connectivity index (χ0v) is 10.8. The second kappa shape index (κ2) is 5.47. The van der Waals surface area contributed by atoms with Gasteiger partial charge >= 0.3 is 0 Å². The Morgan fingerprint density at radius 3 is 2.53 bits per heavy atom. The van der Waals surface area contributed by atoms with Gasteiger partial charge in [0.05, 0.1) is 24.9 Å². The Morgan fingerprint density at radius 2 is 2.00 bits per heavy atom. The van der Waals surface area contributed by atoms with Gasteiger partial charge in [-0.15, -0.1) is 0 Å². The van der Waals surface area contributed by atoms with Gasteiger partial charge < -0.3 is 20.1 Å². The Hall–Kier alpha value is -1.13. The minimum atomic E-state index is 0.556. The molecular formula is C12H17ClN2O2. The molecule has 2 N–H and O–H groups in total. The van der Waals surface area contributed by atoms with E-state index in [-0.39, 0.29) is 0 Å². The second-order valence-electron chi connectivity index (χ2n) is 4.09. The molecule has 0 amide bonds. The summed E-state index contributed by atoms with van der Waals surface area (Å²) in [6, 6.07) is 3.63. The van der Waals surface area contributed by atoms with Crippen LogP contribution in [0.1, 0.15) is 0 Å². The molecule has 1 aromatic rings. The number of nitrogens with one attached hydrogen (secondary N) is 2. The summed E-state index contributed by atoms with van der Waals surface area (Å²) >= 11 is 6.04. The molecule has 0 unspecified atom stereocenters. The average Bonchev–Trinajstić information content (AvgIpc) is 2.28. The van der Waals surface area contributed by atoms with Crippen LogP contribution in [-0.4, -0.2) is 33.9 Å². The van der Waals surface area contributed by atoms with Crippen molar-refractivity contribution in [1.82, 2.24) is 5.32 Å². The molecule has 0 aromatic heterocycles. The molecule has 1 heterocycles. The predicted octanol–water partition coefficient (Wildman–Crippen LogP) is 1.99. The molecule has 1 aliphatic rings. The van der Waals surface area contributed by atoms with Crippen LogP contribution < -0.4 is 20.1 Å². The van der Waals surface area contributed by atoms with Crippen LogP contribution in [0.3, 0.4) is 0 Å². The third-order valence-corrected chi connectivity index (χ3v) is 3.22. The number of rotatable bonds is 5. The molecule has 0 saturated carbocycles. The maximum Gasteiger partial charge on any atom is 0.143 e. The SMILES string of the molecule is COc1cc(NCC2CNC2)c(OC)cc1Cl. The molecule has 1 aliphatic heterocycles. The van der Waals surface area contributed by atoms with Crippen LogP contribution in [0, 0.1) is 5.92 Å². The van der Waals surface area contributed by atoms with Gasteiger partial charge in [-0.05, 0) is 0 Å². The monoisotopic (exact) mass is 256 g/mol. The molecule has 4 nitrogen and oxygen atoms in total. The highest BCUT2D eigenvalue weighted by Gasteiger charge is 2.17. The van der Waals surface area contributed by atoms with Gasteiger partial charge in [0.25, 0.3) is 0 Å². The van der Waals surface area contributed by atoms with Crippen molar-refractivity contribution in [2.75, 3.05) is 39.2 Å². The predicted molar refractivity (Wildman–Crippen MR) is 69.4 cm³/mol. The smallest absolute Gasteiger partial charge is 0.143 e. The minimum Gasteiger partial charge on any atom is -0.495 e. The minimum absolute atomic E-state index is 0.556. The van der Waals surface area contributed by atoms with Crippen molar-refractivity contribution >= 4 is 17.3 Å². The number of anilines is 1. The van der Waals surface area contributed by atoms with Crippen LogP contribution >= 0.6 is 11.6 Å². The van der Waals surface area contributed by atoms with Gasteiger partial charge in [0.1, 0.15) is 11.5 Å². The van der Waals surface area contributed by atoms with E-state index >= 15 is 0 Å². The van der Waals surface area contributed by atoms with Gasteiger partial charge in [-0.3, -0.25) is 0 Å². The number of halogens is 1. The highest BCUT2D eigenvalue weighted by Crippen LogP contribution is 2.35. The Kier molecular flexibility index (Phi) is 3.97. The van der Waals surface area contributed by atoms with E-state index in [1.807, 2.05) is 6.07 Å². The Balaban J connectivity index is 2.11. The number of ether oxygens (including phenoxy) is 2. The molecule has 17 heavy (non-hydrogen) atoms. The summed E-state index contributed by atoms with van der Waals surface area (Å²) < 4.78 is 10.5. The van der Waals surface area contributed by atoms with Crippen molar-refractivity contribution < 1.29 is 9.47 Å². The lowest BCUT2D eigenvalue weighted by molar-refractivity contribution is 0.364. The molecule has 1 fully saturated rings. The fourth-order valence-corrected chi connectivity index (χ4v) is 1.98. The third-order valence-electron chi connectivity index (χ3n) is 2.92. The molecule has 0 spiro atoms. The zero-order valence-electron chi connectivity index (χ0n) is 10.0. The van der Waals surface area contributed by atoms with Gasteiger partial charge in [0, 0.05) is 37.7 Å². The molecule has 0 bridgehead atoms. The van der Waals surface area contributed by atoms with Crippen LogP contribution in [0.2, 0.25) is 5.02 Å². The van der Waals surface area contributed by atoms with Crippen LogP contribution in [0.15, 0.2) is 12.1 Å². The first kappa shape index (κ1) is 12.3. The summed E-state index contributed by atoms with van der Waals surface area (Å²) in [6.07, 6.45) is 0. The van der Waals surface area contributed by atoms with Gasteiger partial charge in [-0.1, -0.05) is 11.6 Å². The Morgan fingerprint density at radius 1 is 1.29 bits per heavy atom. The van der Waals surface area contributed by atoms with E-state index in [1.54, 1.807) is 20.3 Å². The molecule has 0 radical (unpaired) electrons. The lowest BCUT2D eigenvalue weighted by Crippen LogP contribution is -2.45. The van der Waals surface area contributed by atoms with Crippen molar-refractivity contribution in [3.05, 3.63) is 17.2 Å². The van der Waals surface area contributed by atoms with E-state index in [1.165, 1.54) is 0 Å². The van der Waals surface area contributed by atoms with Crippen molar-refractivity contribution in [2.45, 2.75) is 0 Å². The third kappa shape index (κ3) is 2.76. The average molecular weight is 257 g/mol. The Bertz CT molecular complexity index is 394. The van der Waals surface area contributed by atoms with Gasteiger partial charge in [0.15, 0.2) is 0 Å². The summed E-state index contributed by atoms with van der Waals surface area (Å²) in [5.41, 5.74) is 0.917. The fraction of sp³-hybridized carbons (Fsp3) is 0.500. The van der Waals surface area contributed by atoms with Crippen molar-refractivity contribution in [3.63, 3.8) is 0 Å². The molecule has 0 atom stereocenters. The van der Waals surface area contributed by atoms with E-state index in [2.05, 4.69) is 10.6 Å². The molecular weight excluding hydrogens is 240 g/mol. The van der Waals surface area contributed by atoms with E-state index < -0.39 is 0 Å². The summed E-state index contributed by atoms with van der Waals surface area (Å²) in [4.78, 5) is 0. The molecule has 2 rings (SSSR count). The normalized spacial score (nSPS) is 15.2. The first-order chi connectivity index (χ1) is 8.24. The second-order valence-corrected chi connectivity index (χ2v) is 4.50. The first-order valence-electron chi connectivity index (χ1n) is 5.60. The standard InChI is InChI=1S/C12H17ClN2O2/c1-16-11-4-10(12(17-2)3-9(11)13)15-7-8-5-14-6-8/h3-4,8,14-15H,5-7H2,1-2H3. The van der Waals surface area contributed by atoms with E-state index in [9.17, 15) is 0 Å². The van der Waals surface area contributed by atoms with Crippen LogP contribution in [0.25, 0.3) is 0 Å². The number of methoxy groups -OCH3 is 2. The summed E-state index contributed by atoms with van der Waals surface area (Å²) in [7, 11) is 3.24. The molecule has 94 valence electrons. The molecule has 0 aliphatic carbocycles. The van der Waals surface area contributed by atoms with Crippen molar-refractivity contribution in [3.8, 4) is 11.5 Å². The van der Waals surface area contributed by atoms with Gasteiger partial charge in [-0.2, -0.15) is 0 Å². The largest absolute Gasteiger partial charge is 0.495 e. The van der Waals surface area contributed by atoms with E-state index in [4.69, 9.17) is 21.1 Å². The molecule has 5 heteroatoms. The lowest BCUT2D eigenvalue weighted by atomic mass is 10.0. The Labute approximate surface area is 106 Å². The lowest BCUT2D eigenvalue weighted by Gasteiger charge is -2.28. The summed E-state index contributed by atoms with van der Waals surface area (Å²) in [5, 5.41) is 7.16. The zero-order chi connectivity index (χ0) is 12.3. The van der Waals surface area contributed by atoms with Gasteiger partial charge in [0.2, 0.25) is 0 Å². The maximum absolute atomic E-state index is 6.04. The van der Waals surface area contributed by atoms with E-state index in [0.717, 1.165) is 31.1 Å². The quantitative estimate of drug-likeness (QED) is 0.846. The number of hydrogen-bond acceptors (Lipinski definition) is 4. The highest BCUT2D eigenvalue weighted by molar-refractivity contribution is 6.32. The van der Waals surface area contributed by atoms with Crippen molar-refractivity contribution in [2.24, 2.45) is 5.92 Å². The topological polar surface area (TPSA) is 42.5 Å². The highest BCUT2D eigenvalue weighted by atomic mass is 35.5. The number of hydrogen-bond donors (Lipinski definition) is 2. The summed E-state index contributed by atoms with van der Waals surface area (Å²) in [6.45, 7) is 3.06. The molecule has 1 aromatic carbocycles. The maximum atomic E-state index is 6.04.